The van der Waals surface area contributed by atoms with E-state index < -0.39 is 11.9 Å². The second-order valence-electron chi connectivity index (χ2n) is 18.6. The minimum Gasteiger partial charge on any atom is -0.481 e. The number of carbonyl (C=O) groups is 6. The molecule has 18 heteroatoms. The van der Waals surface area contributed by atoms with Gasteiger partial charge in [0, 0.05) is 129 Å². The first-order chi connectivity index (χ1) is 32.8. The summed E-state index contributed by atoms with van der Waals surface area (Å²) in [4.78, 5) is 83.5. The number of likely N-dealkylation sites (tertiary alicyclic amines) is 2. The van der Waals surface area contributed by atoms with Crippen molar-refractivity contribution in [3.63, 3.8) is 0 Å². The van der Waals surface area contributed by atoms with E-state index in [0.29, 0.717) is 89.9 Å². The van der Waals surface area contributed by atoms with Gasteiger partial charge >= 0.3 is 11.9 Å². The fourth-order valence-corrected chi connectivity index (χ4v) is 8.34. The summed E-state index contributed by atoms with van der Waals surface area (Å²) in [6.07, 6.45) is 12.7. The van der Waals surface area contributed by atoms with Crippen LogP contribution in [0.3, 0.4) is 0 Å². The third kappa shape index (κ3) is 31.7. The molecule has 0 aromatic heterocycles. The summed E-state index contributed by atoms with van der Waals surface area (Å²) in [5.74, 6) is -1.86. The van der Waals surface area contributed by atoms with Crippen molar-refractivity contribution in [2.24, 2.45) is 0 Å². The number of carboxylic acid groups (broad SMARTS) is 2. The minimum atomic E-state index is -0.855. The summed E-state index contributed by atoms with van der Waals surface area (Å²) in [5.41, 5.74) is 0. The van der Waals surface area contributed by atoms with Gasteiger partial charge in [-0.25, -0.2) is 0 Å². The van der Waals surface area contributed by atoms with Crippen LogP contribution in [-0.2, 0) is 28.8 Å². The summed E-state index contributed by atoms with van der Waals surface area (Å²) >= 11 is 0. The van der Waals surface area contributed by atoms with Crippen LogP contribution in [0.15, 0.2) is 0 Å². The Morgan fingerprint density at radius 2 is 0.706 bits per heavy atom. The van der Waals surface area contributed by atoms with Gasteiger partial charge in [-0.3, -0.25) is 48.4 Å². The largest absolute Gasteiger partial charge is 0.481 e. The van der Waals surface area contributed by atoms with Crippen LogP contribution in [0.2, 0.25) is 0 Å². The Balaban J connectivity index is 0.000000587. The lowest BCUT2D eigenvalue weighted by Gasteiger charge is -2.37. The second-order valence-corrected chi connectivity index (χ2v) is 18.6. The van der Waals surface area contributed by atoms with Crippen LogP contribution in [0.25, 0.3) is 0 Å². The SMILES string of the molecule is CCCC.CCCC.CCN1[13CH2][13CH2]N([13CH2][13CH]2[13CH2][13CH2][13CH2][15N]2CC(=O)[15NH]CCCC(=O)NCCCC(=O)O)[13CH2][13CH2]1.CCN1[13CH2][13CH2][15N]([13CH2][13CH]2[13CH2][13CH2][13CH2][15N]2CC(=O)NCCCC(=O)NCCCC(=O)O)[13CH2][13CH2]1. The highest BCUT2D eigenvalue weighted by atomic mass is 16.4. The van der Waals surface area contributed by atoms with Crippen molar-refractivity contribution in [1.29, 1.82) is 0 Å². The van der Waals surface area contributed by atoms with Crippen LogP contribution in [0.1, 0.15) is 144 Å². The maximum atomic E-state index is 12.3. The summed E-state index contributed by atoms with van der Waals surface area (Å²) in [7, 11) is 0. The normalized spacial score (nSPS) is 19.3. The van der Waals surface area contributed by atoms with Gasteiger partial charge in [0.2, 0.25) is 23.6 Å². The van der Waals surface area contributed by atoms with Gasteiger partial charge in [0.15, 0.2) is 0 Å². The van der Waals surface area contributed by atoms with Crippen molar-refractivity contribution in [2.45, 2.75) is 156 Å². The van der Waals surface area contributed by atoms with Crippen molar-refractivity contribution in [2.75, 3.05) is 131 Å². The molecule has 0 aromatic rings. The lowest BCUT2D eigenvalue weighted by molar-refractivity contribution is -0.138. The fraction of sp³-hybridized carbons (Fsp3) is 0.880. The molecule has 4 heterocycles. The molecule has 18 nitrogen and oxygen atoms in total. The van der Waals surface area contributed by atoms with E-state index in [-0.39, 0.29) is 36.5 Å². The molecule has 2 atom stereocenters. The number of hydrogen-bond acceptors (Lipinski definition) is 12. The standard InChI is InChI=1S/2C21H39N5O4.2C4H10/c2*1-2-24-12-14-25(15-13-24)16-18-6-5-11-26(18)17-20(28)23-9-3-7-19(27)22-10-4-8-21(29)30;2*1-3-4-2/h2*18H,2-17H2,1H3,(H,22,27)(H,23,28)(H,29,30);2*3-4H2,1-2H3/i5+1,6+1,11+1,12+1,13+1,14+1,15+1,16+1,18+1,25+1,26+1;5+1,6+1,11+1,12+1,13+1,14+1,15+1,16+1,18+1,23+1,26+1;;. The lowest BCUT2D eigenvalue weighted by atomic mass is 10.2. The molecule has 4 aliphatic heterocycles. The maximum Gasteiger partial charge on any atom is 0.303 e. The van der Waals surface area contributed by atoms with Gasteiger partial charge < -0.3 is 41.3 Å². The number of amides is 4. The van der Waals surface area contributed by atoms with E-state index in [1.165, 1.54) is 25.7 Å². The first-order valence-electron chi connectivity index (χ1n) is 26.7. The maximum absolute atomic E-state index is 12.3. The molecule has 2 unspecified atom stereocenters. The van der Waals surface area contributed by atoms with E-state index in [0.717, 1.165) is 117 Å². The third-order valence-corrected chi connectivity index (χ3v) is 13.0. The van der Waals surface area contributed by atoms with E-state index in [9.17, 15) is 28.8 Å². The van der Waals surface area contributed by atoms with Crippen LogP contribution in [-0.4, -0.2) is 218 Å². The van der Waals surface area contributed by atoms with Crippen molar-refractivity contribution in [3.05, 3.63) is 0 Å². The van der Waals surface area contributed by atoms with Gasteiger partial charge in [0.1, 0.15) is 0 Å². The highest BCUT2D eigenvalue weighted by molar-refractivity contribution is 5.79. The molecule has 4 amide bonds. The van der Waals surface area contributed by atoms with Gasteiger partial charge in [-0.05, 0) is 77.5 Å². The number of aliphatic carboxylic acids is 2. The van der Waals surface area contributed by atoms with Gasteiger partial charge in [-0.1, -0.05) is 67.2 Å². The van der Waals surface area contributed by atoms with Crippen molar-refractivity contribution >= 4 is 35.6 Å². The predicted molar refractivity (Wildman–Crippen MR) is 272 cm³/mol. The second kappa shape index (κ2) is 40.3. The molecule has 0 saturated carbocycles. The highest BCUT2D eigenvalue weighted by Crippen LogP contribution is 2.20. The van der Waals surface area contributed by atoms with E-state index in [4.69, 9.17) is 10.2 Å². The Kier molecular flexibility index (Phi) is 37.1. The molecule has 6 N–H and O–H groups in total. The zero-order chi connectivity index (χ0) is 50.4. The van der Waals surface area contributed by atoms with Crippen molar-refractivity contribution in [1.82, 2.24) is 50.7 Å². The van der Waals surface area contributed by atoms with E-state index in [1.54, 1.807) is 0 Å². The van der Waals surface area contributed by atoms with E-state index >= 15 is 0 Å². The molecule has 0 aromatic carbocycles. The van der Waals surface area contributed by atoms with Crippen LogP contribution < -0.4 is 21.3 Å². The average molecular weight is 989 g/mol. The first kappa shape index (κ1) is 62.6. The molecule has 68 heavy (non-hydrogen) atoms. The van der Waals surface area contributed by atoms with Crippen LogP contribution in [0.5, 0.6) is 0 Å². The number of hydrogen-bond donors (Lipinski definition) is 6. The van der Waals surface area contributed by atoms with Crippen LogP contribution >= 0.6 is 0 Å². The zero-order valence-electron chi connectivity index (χ0n) is 43.6. The zero-order valence-corrected chi connectivity index (χ0v) is 43.6. The number of unbranched alkanes of at least 4 members (excludes halogenated alkanes) is 2. The highest BCUT2D eigenvalue weighted by Gasteiger charge is 2.30. The summed E-state index contributed by atoms with van der Waals surface area (Å²) < 4.78 is 0. The smallest absolute Gasteiger partial charge is 0.303 e. The predicted octanol–water partition coefficient (Wildman–Crippen LogP) is 3.54. The quantitative estimate of drug-likeness (QED) is 0.0377. The lowest BCUT2D eigenvalue weighted by Crippen LogP contribution is -2.51. The molecule has 0 spiro atoms. The molecule has 4 rings (SSSR count). The van der Waals surface area contributed by atoms with Gasteiger partial charge in [0.25, 0.3) is 0 Å². The fourth-order valence-electron chi connectivity index (χ4n) is 8.34. The van der Waals surface area contributed by atoms with Gasteiger partial charge in [-0.2, -0.15) is 0 Å². The number of carboxylic acids is 2. The number of carbonyl (C=O) groups excluding carboxylic acids is 4. The molecule has 4 fully saturated rings. The number of nitrogens with zero attached hydrogens (tertiary/aromatic N) is 6. The topological polar surface area (TPSA) is 210 Å². The molecular weight excluding hydrogens is 890 g/mol. The molecule has 0 radical (unpaired) electrons. The van der Waals surface area contributed by atoms with Crippen LogP contribution in [0, 0.1) is 0 Å². The molecule has 4 aliphatic rings. The van der Waals surface area contributed by atoms with Crippen molar-refractivity contribution in [3.8, 4) is 0 Å². The molecule has 0 aliphatic carbocycles. The van der Waals surface area contributed by atoms with Gasteiger partial charge in [0.05, 0.1) is 13.1 Å². The van der Waals surface area contributed by atoms with Gasteiger partial charge in [-0.15, -0.1) is 0 Å². The summed E-state index contributed by atoms with van der Waals surface area (Å²) in [6.45, 7) is 31.0. The Morgan fingerprint density at radius 1 is 0.412 bits per heavy atom. The Morgan fingerprint density at radius 3 is 1.00 bits per heavy atom. The number of likely N-dealkylation sites (N-methyl/N-ethyl adjacent to an activating group) is 2. The molecule has 4 saturated heterocycles. The van der Waals surface area contributed by atoms with E-state index in [1.807, 2.05) is 0 Å². The Bertz CT molecular complexity index is 1260. The number of piperazine rings is 2. The Hall–Kier alpha value is -3.42. The summed E-state index contributed by atoms with van der Waals surface area (Å²) in [5, 5.41) is 28.4. The first-order valence-corrected chi connectivity index (χ1v) is 26.7. The minimum absolute atomic E-state index is 0.0274. The number of nitrogens with one attached hydrogen (secondary N) is 4. The van der Waals surface area contributed by atoms with Crippen molar-refractivity contribution < 1.29 is 39.0 Å². The monoisotopic (exact) mass is 989 g/mol. The van der Waals surface area contributed by atoms with Crippen LogP contribution in [0.4, 0.5) is 0 Å². The molecule has 396 valence electrons. The Labute approximate surface area is 411 Å². The molecule has 0 bridgehead atoms. The number of rotatable bonds is 28. The van der Waals surface area contributed by atoms with E-state index in [2.05, 4.69) is 92.2 Å². The summed E-state index contributed by atoms with van der Waals surface area (Å²) in [6, 6.07) is 0.918. The molecular formula is C50H98N10O8. The third-order valence-electron chi connectivity index (χ3n) is 13.0. The average Bonchev–Trinajstić information content (AvgIpc) is 3.97.